The third-order valence-corrected chi connectivity index (χ3v) is 7.23. The van der Waals surface area contributed by atoms with Crippen LogP contribution in [0.15, 0.2) is 91.1 Å². The van der Waals surface area contributed by atoms with E-state index in [0.717, 1.165) is 38.6 Å². The number of carbonyl (C=O) groups is 1. The van der Waals surface area contributed by atoms with Gasteiger partial charge in [0, 0.05) is 22.3 Å². The van der Waals surface area contributed by atoms with Crippen molar-refractivity contribution in [3.63, 3.8) is 0 Å². The summed E-state index contributed by atoms with van der Waals surface area (Å²) < 4.78 is 9.10. The van der Waals surface area contributed by atoms with Crippen molar-refractivity contribution in [3.8, 4) is 28.3 Å². The lowest BCUT2D eigenvalue weighted by atomic mass is 10.0. The summed E-state index contributed by atoms with van der Waals surface area (Å²) in [7, 11) is 0. The van der Waals surface area contributed by atoms with Crippen LogP contribution in [0.4, 0.5) is 5.82 Å². The lowest BCUT2D eigenvalue weighted by molar-refractivity contribution is -0.118. The molecule has 1 amide bonds. The third kappa shape index (κ3) is 4.67. The number of benzene rings is 3. The van der Waals surface area contributed by atoms with Crippen LogP contribution in [0.3, 0.4) is 0 Å². The molecule has 3 aromatic carbocycles. The first-order valence-electron chi connectivity index (χ1n) is 11.7. The molecule has 0 spiro atoms. The van der Waals surface area contributed by atoms with Gasteiger partial charge in [0.2, 0.25) is 0 Å². The number of nitrogens with one attached hydrogen (secondary N) is 1. The average molecular weight is 525 g/mol. The summed E-state index contributed by atoms with van der Waals surface area (Å²) in [5.41, 5.74) is 5.97. The summed E-state index contributed by atoms with van der Waals surface area (Å²) in [5.74, 6) is 0.834. The molecule has 6 aromatic rings. The maximum absolute atomic E-state index is 12.3. The Hall–Kier alpha value is -4.20. The van der Waals surface area contributed by atoms with Crippen LogP contribution >= 0.6 is 22.9 Å². The van der Waals surface area contributed by atoms with E-state index < -0.39 is 0 Å². The summed E-state index contributed by atoms with van der Waals surface area (Å²) in [6, 6.07) is 27.4. The van der Waals surface area contributed by atoms with E-state index in [4.69, 9.17) is 21.3 Å². The predicted octanol–water partition coefficient (Wildman–Crippen LogP) is 7.26. The Kier molecular flexibility index (Phi) is 6.08. The van der Waals surface area contributed by atoms with Crippen LogP contribution in [0.2, 0.25) is 5.02 Å². The number of aryl methyl sites for hydroxylation is 1. The molecular formula is C29H21ClN4O2S. The minimum Gasteiger partial charge on any atom is -0.484 e. The first kappa shape index (κ1) is 23.2. The van der Waals surface area contributed by atoms with Gasteiger partial charge in [0.25, 0.3) is 5.91 Å². The standard InChI is InChI=1S/C29H21ClN4O2S/c1-18-14-15-31-25(16-18)32-26(35)17-36-22-12-8-20(9-13-22)28-27(19-6-10-21(30)11-7-19)33-29-34(28)23-4-2-3-5-24(23)37-29/h2-16H,17H2,1H3,(H,31,32,35). The molecule has 0 bridgehead atoms. The second-order valence-corrected chi connectivity index (χ2v) is 10.0. The largest absolute Gasteiger partial charge is 0.484 e. The van der Waals surface area contributed by atoms with E-state index in [2.05, 4.69) is 26.8 Å². The molecule has 0 aliphatic rings. The van der Waals surface area contributed by atoms with Crippen molar-refractivity contribution in [2.45, 2.75) is 6.92 Å². The maximum atomic E-state index is 12.3. The van der Waals surface area contributed by atoms with Gasteiger partial charge in [-0.1, -0.05) is 47.2 Å². The second-order valence-electron chi connectivity index (χ2n) is 8.58. The molecule has 1 N–H and O–H groups in total. The van der Waals surface area contributed by atoms with Gasteiger partial charge < -0.3 is 10.1 Å². The maximum Gasteiger partial charge on any atom is 0.263 e. The molecule has 0 fully saturated rings. The lowest BCUT2D eigenvalue weighted by Crippen LogP contribution is -2.20. The lowest BCUT2D eigenvalue weighted by Gasteiger charge is -2.10. The van der Waals surface area contributed by atoms with Crippen LogP contribution in [-0.2, 0) is 4.79 Å². The zero-order valence-electron chi connectivity index (χ0n) is 19.8. The molecule has 0 aliphatic carbocycles. The second kappa shape index (κ2) is 9.69. The molecule has 6 nitrogen and oxygen atoms in total. The number of amides is 1. The van der Waals surface area contributed by atoms with Gasteiger partial charge in [-0.05, 0) is 73.2 Å². The molecule has 0 radical (unpaired) electrons. The smallest absolute Gasteiger partial charge is 0.263 e. The van der Waals surface area contributed by atoms with E-state index >= 15 is 0 Å². The van der Waals surface area contributed by atoms with Crippen molar-refractivity contribution in [3.05, 3.63) is 102 Å². The van der Waals surface area contributed by atoms with Crippen molar-refractivity contribution >= 4 is 49.8 Å². The van der Waals surface area contributed by atoms with Crippen molar-refractivity contribution in [2.75, 3.05) is 11.9 Å². The number of imidazole rings is 1. The van der Waals surface area contributed by atoms with Crippen LogP contribution in [-0.4, -0.2) is 26.9 Å². The number of hydrogen-bond donors (Lipinski definition) is 1. The van der Waals surface area contributed by atoms with E-state index in [1.807, 2.05) is 79.7 Å². The molecule has 3 heterocycles. The number of carbonyl (C=O) groups excluding carboxylic acids is 1. The number of fused-ring (bicyclic) bond motifs is 3. The van der Waals surface area contributed by atoms with Gasteiger partial charge >= 0.3 is 0 Å². The van der Waals surface area contributed by atoms with Crippen molar-refractivity contribution < 1.29 is 9.53 Å². The molecule has 0 unspecified atom stereocenters. The number of thiazole rings is 1. The highest BCUT2D eigenvalue weighted by Crippen LogP contribution is 2.39. The van der Waals surface area contributed by atoms with Crippen LogP contribution in [0.1, 0.15) is 5.56 Å². The Morgan fingerprint density at radius 3 is 2.54 bits per heavy atom. The first-order chi connectivity index (χ1) is 18.0. The fourth-order valence-electron chi connectivity index (χ4n) is 4.23. The van der Waals surface area contributed by atoms with E-state index in [-0.39, 0.29) is 12.5 Å². The number of aromatic nitrogens is 3. The number of nitrogens with zero attached hydrogens (tertiary/aromatic N) is 3. The highest BCUT2D eigenvalue weighted by Gasteiger charge is 2.20. The van der Waals surface area contributed by atoms with Gasteiger partial charge in [-0.15, -0.1) is 0 Å². The van der Waals surface area contributed by atoms with Gasteiger partial charge in [0.05, 0.1) is 21.6 Å². The Balaban J connectivity index is 1.31. The van der Waals surface area contributed by atoms with Crippen molar-refractivity contribution in [2.24, 2.45) is 0 Å². The highest BCUT2D eigenvalue weighted by molar-refractivity contribution is 7.23. The Morgan fingerprint density at radius 1 is 1.00 bits per heavy atom. The van der Waals surface area contributed by atoms with Gasteiger partial charge in [-0.25, -0.2) is 9.97 Å². The van der Waals surface area contributed by atoms with Gasteiger partial charge in [-0.3, -0.25) is 9.20 Å². The molecule has 0 aliphatic heterocycles. The monoisotopic (exact) mass is 524 g/mol. The van der Waals surface area contributed by atoms with E-state index in [1.54, 1.807) is 17.5 Å². The number of hydrogen-bond acceptors (Lipinski definition) is 5. The highest BCUT2D eigenvalue weighted by atomic mass is 35.5. The van der Waals surface area contributed by atoms with Crippen LogP contribution in [0.5, 0.6) is 5.75 Å². The molecule has 3 aromatic heterocycles. The van der Waals surface area contributed by atoms with E-state index in [9.17, 15) is 4.79 Å². The topological polar surface area (TPSA) is 68.5 Å². The molecule has 37 heavy (non-hydrogen) atoms. The number of para-hydroxylation sites is 1. The van der Waals surface area contributed by atoms with E-state index in [1.165, 1.54) is 4.70 Å². The normalized spacial score (nSPS) is 11.2. The zero-order valence-corrected chi connectivity index (χ0v) is 21.4. The fraction of sp³-hybridized carbons (Fsp3) is 0.0690. The summed E-state index contributed by atoms with van der Waals surface area (Å²) in [5, 5.41) is 3.44. The van der Waals surface area contributed by atoms with Gasteiger partial charge in [0.15, 0.2) is 11.6 Å². The first-order valence-corrected chi connectivity index (χ1v) is 12.9. The summed E-state index contributed by atoms with van der Waals surface area (Å²) >= 11 is 7.80. The van der Waals surface area contributed by atoms with Crippen molar-refractivity contribution in [1.82, 2.24) is 14.4 Å². The molecule has 6 rings (SSSR count). The molecule has 182 valence electrons. The summed E-state index contributed by atoms with van der Waals surface area (Å²) in [6.07, 6.45) is 1.66. The molecule has 8 heteroatoms. The Labute approximate surface area is 222 Å². The van der Waals surface area contributed by atoms with Gasteiger partial charge in [-0.2, -0.15) is 0 Å². The molecule has 0 atom stereocenters. The SMILES string of the molecule is Cc1ccnc(NC(=O)COc2ccc(-c3c(-c4ccc(Cl)cc4)nc4sc5ccccc5n34)cc2)c1. The minimum atomic E-state index is -0.269. The van der Waals surface area contributed by atoms with Gasteiger partial charge in [0.1, 0.15) is 11.6 Å². The predicted molar refractivity (Wildman–Crippen MR) is 150 cm³/mol. The molecule has 0 saturated heterocycles. The minimum absolute atomic E-state index is 0.114. The number of ether oxygens (including phenoxy) is 1. The van der Waals surface area contributed by atoms with E-state index in [0.29, 0.717) is 16.6 Å². The number of halogens is 1. The number of anilines is 1. The quantitative estimate of drug-likeness (QED) is 0.249. The number of rotatable bonds is 6. The fourth-order valence-corrected chi connectivity index (χ4v) is 5.39. The summed E-state index contributed by atoms with van der Waals surface area (Å²) in [4.78, 5) is 22.4. The van der Waals surface area contributed by atoms with Crippen LogP contribution in [0, 0.1) is 6.92 Å². The third-order valence-electron chi connectivity index (χ3n) is 5.95. The molecule has 0 saturated carbocycles. The summed E-state index contributed by atoms with van der Waals surface area (Å²) in [6.45, 7) is 1.83. The molecular weight excluding hydrogens is 504 g/mol. The Morgan fingerprint density at radius 2 is 1.76 bits per heavy atom. The average Bonchev–Trinajstić information content (AvgIpc) is 3.45. The zero-order chi connectivity index (χ0) is 25.4. The Bertz CT molecular complexity index is 1740. The number of pyridine rings is 1. The van der Waals surface area contributed by atoms with Crippen LogP contribution < -0.4 is 10.1 Å². The van der Waals surface area contributed by atoms with Crippen molar-refractivity contribution in [1.29, 1.82) is 0 Å². The van der Waals surface area contributed by atoms with Crippen LogP contribution in [0.25, 0.3) is 37.7 Å².